The molecule has 0 bridgehead atoms. The van der Waals surface area contributed by atoms with Crippen molar-refractivity contribution in [2.45, 2.75) is 31.8 Å². The van der Waals surface area contributed by atoms with Crippen molar-refractivity contribution in [3.05, 3.63) is 87.1 Å². The Bertz CT molecular complexity index is 1130. The molecule has 1 aromatic heterocycles. The van der Waals surface area contributed by atoms with Gasteiger partial charge in [0.25, 0.3) is 0 Å². The summed E-state index contributed by atoms with van der Waals surface area (Å²) in [6, 6.07) is 20.0. The van der Waals surface area contributed by atoms with E-state index in [2.05, 4.69) is 66.9 Å². The Balaban J connectivity index is 1.70. The molecule has 0 fully saturated rings. The Morgan fingerprint density at radius 2 is 1.90 bits per heavy atom. The van der Waals surface area contributed by atoms with E-state index in [4.69, 9.17) is 16.5 Å². The fourth-order valence-corrected chi connectivity index (χ4v) is 14.3. The number of fused-ring (bicyclic) bond motifs is 2. The molecule has 1 aliphatic heterocycles. The summed E-state index contributed by atoms with van der Waals surface area (Å²) >= 11 is 10.5. The number of hydrogen-bond acceptors (Lipinski definition) is 4. The predicted octanol–water partition coefficient (Wildman–Crippen LogP) is 7.32. The van der Waals surface area contributed by atoms with Crippen molar-refractivity contribution in [1.82, 2.24) is 0 Å². The number of rotatable bonds is 3. The standard InChI is InChI=1S/C24H23OPS3/c1-16-8-9-17-5-3-6-20-23(22-7-4-14-28-22)26(27,29-24(20)21(17)15-16)19-12-10-18(25-2)11-13-19/h4,7-15,23H,3,5-6H2,1-2H3. The van der Waals surface area contributed by atoms with E-state index in [9.17, 15) is 0 Å². The van der Waals surface area contributed by atoms with Crippen molar-refractivity contribution < 1.29 is 4.74 Å². The minimum absolute atomic E-state index is 0.345. The molecule has 0 N–H and O–H groups in total. The van der Waals surface area contributed by atoms with Gasteiger partial charge in [-0.05, 0) is 83.9 Å². The Morgan fingerprint density at radius 1 is 1.07 bits per heavy atom. The van der Waals surface area contributed by atoms with Crippen LogP contribution >= 0.6 is 28.0 Å². The molecule has 3 aromatic rings. The topological polar surface area (TPSA) is 9.23 Å². The number of thiophene rings is 1. The summed E-state index contributed by atoms with van der Waals surface area (Å²) in [5, 5.41) is 1.58. The van der Waals surface area contributed by atoms with Crippen LogP contribution in [0.15, 0.2) is 65.6 Å². The van der Waals surface area contributed by atoms with Gasteiger partial charge in [0.05, 0.1) is 18.0 Å². The zero-order valence-electron chi connectivity index (χ0n) is 16.6. The molecule has 2 atom stereocenters. The summed E-state index contributed by atoms with van der Waals surface area (Å²) in [6.45, 7) is 2.20. The highest BCUT2D eigenvalue weighted by Crippen LogP contribution is 2.80. The maximum Gasteiger partial charge on any atom is 0.118 e. The third-order valence-corrected chi connectivity index (χ3v) is 14.7. The van der Waals surface area contributed by atoms with Crippen molar-refractivity contribution >= 4 is 50.0 Å². The lowest BCUT2D eigenvalue weighted by atomic mass is 10.0. The Hall–Kier alpha value is -1.32. The van der Waals surface area contributed by atoms with Gasteiger partial charge in [-0.1, -0.05) is 53.0 Å². The highest BCUT2D eigenvalue weighted by atomic mass is 32.9. The Kier molecular flexibility index (Phi) is 5.24. The number of aryl methyl sites for hydroxylation is 2. The van der Waals surface area contributed by atoms with Crippen LogP contribution < -0.4 is 10.0 Å². The molecule has 5 rings (SSSR count). The van der Waals surface area contributed by atoms with Gasteiger partial charge >= 0.3 is 0 Å². The molecule has 2 unspecified atom stereocenters. The van der Waals surface area contributed by atoms with Crippen molar-refractivity contribution in [1.29, 1.82) is 0 Å². The molecule has 2 aromatic carbocycles. The van der Waals surface area contributed by atoms with Crippen molar-refractivity contribution in [2.75, 3.05) is 7.11 Å². The SMILES string of the molecule is COc1ccc(P2(=S)SC3=C(CCCc4ccc(C)cc43)C2c2cccs2)cc1. The van der Waals surface area contributed by atoms with Crippen LogP contribution in [0.3, 0.4) is 0 Å². The summed E-state index contributed by atoms with van der Waals surface area (Å²) in [6.07, 6.45) is 3.51. The minimum Gasteiger partial charge on any atom is -0.497 e. The number of benzene rings is 2. The van der Waals surface area contributed by atoms with Crippen LogP contribution in [0.5, 0.6) is 5.75 Å². The fraction of sp³-hybridized carbons (Fsp3) is 0.250. The minimum atomic E-state index is -1.92. The predicted molar refractivity (Wildman–Crippen MR) is 133 cm³/mol. The first kappa shape index (κ1) is 19.6. The quantitative estimate of drug-likeness (QED) is 0.384. The van der Waals surface area contributed by atoms with Gasteiger partial charge in [-0.15, -0.1) is 11.3 Å². The highest BCUT2D eigenvalue weighted by molar-refractivity contribution is 8.76. The van der Waals surface area contributed by atoms with Crippen LogP contribution in [0.2, 0.25) is 0 Å². The van der Waals surface area contributed by atoms with Gasteiger partial charge in [-0.3, -0.25) is 0 Å². The second-order valence-electron chi connectivity index (χ2n) is 7.67. The smallest absolute Gasteiger partial charge is 0.118 e. The first-order valence-electron chi connectivity index (χ1n) is 9.90. The van der Waals surface area contributed by atoms with E-state index in [0.29, 0.717) is 5.66 Å². The van der Waals surface area contributed by atoms with Gasteiger partial charge in [0.15, 0.2) is 0 Å². The number of ether oxygens (including phenoxy) is 1. The van der Waals surface area contributed by atoms with Crippen molar-refractivity contribution in [3.63, 3.8) is 0 Å². The lowest BCUT2D eigenvalue weighted by molar-refractivity contribution is 0.415. The Labute approximate surface area is 186 Å². The lowest BCUT2D eigenvalue weighted by Gasteiger charge is -2.26. The fourth-order valence-electron chi connectivity index (χ4n) is 4.42. The first-order chi connectivity index (χ1) is 14.1. The molecular formula is C24H23OPS3. The monoisotopic (exact) mass is 454 g/mol. The largest absolute Gasteiger partial charge is 0.497 e. The van der Waals surface area contributed by atoms with Crippen LogP contribution in [0.25, 0.3) is 4.91 Å². The molecule has 2 heterocycles. The van der Waals surface area contributed by atoms with E-state index >= 15 is 0 Å². The maximum absolute atomic E-state index is 6.60. The summed E-state index contributed by atoms with van der Waals surface area (Å²) in [5.41, 5.74) is 6.18. The summed E-state index contributed by atoms with van der Waals surface area (Å²) in [5.74, 6) is 0.891. The van der Waals surface area contributed by atoms with Gasteiger partial charge in [0.1, 0.15) is 5.75 Å². The van der Waals surface area contributed by atoms with E-state index in [1.54, 1.807) is 12.7 Å². The normalized spacial score (nSPS) is 23.4. The summed E-state index contributed by atoms with van der Waals surface area (Å²) in [7, 11) is 1.72. The molecule has 2 aliphatic rings. The van der Waals surface area contributed by atoms with E-state index in [0.717, 1.165) is 18.6 Å². The molecule has 29 heavy (non-hydrogen) atoms. The number of allylic oxidation sites excluding steroid dienone is 1. The van der Waals surface area contributed by atoms with Crippen LogP contribution in [0.4, 0.5) is 0 Å². The highest BCUT2D eigenvalue weighted by Gasteiger charge is 2.44. The van der Waals surface area contributed by atoms with Crippen LogP contribution in [-0.2, 0) is 18.2 Å². The average Bonchev–Trinajstić information content (AvgIpc) is 3.31. The molecule has 0 saturated carbocycles. The zero-order valence-corrected chi connectivity index (χ0v) is 19.9. The average molecular weight is 455 g/mol. The second kappa shape index (κ2) is 7.74. The van der Waals surface area contributed by atoms with Crippen LogP contribution in [0, 0.1) is 6.92 Å². The van der Waals surface area contributed by atoms with Crippen LogP contribution in [-0.4, -0.2) is 7.11 Å². The molecule has 5 heteroatoms. The second-order valence-corrected chi connectivity index (χ2v) is 16.2. The molecule has 148 valence electrons. The Morgan fingerprint density at radius 3 is 2.62 bits per heavy atom. The van der Waals surface area contributed by atoms with E-state index < -0.39 is 5.24 Å². The molecular weight excluding hydrogens is 431 g/mol. The summed E-state index contributed by atoms with van der Waals surface area (Å²) < 4.78 is 5.40. The molecule has 0 amide bonds. The molecule has 0 spiro atoms. The third kappa shape index (κ3) is 3.35. The van der Waals surface area contributed by atoms with Gasteiger partial charge < -0.3 is 4.74 Å². The first-order valence-corrected chi connectivity index (χ1v) is 15.1. The number of hydrogen-bond donors (Lipinski definition) is 0. The van der Waals surface area contributed by atoms with Crippen LogP contribution in [0.1, 0.15) is 40.1 Å². The van der Waals surface area contributed by atoms with Crippen molar-refractivity contribution in [2.24, 2.45) is 0 Å². The zero-order chi connectivity index (χ0) is 20.0. The third-order valence-electron chi connectivity index (χ3n) is 5.84. The molecule has 0 radical (unpaired) electrons. The lowest BCUT2D eigenvalue weighted by Crippen LogP contribution is -2.08. The number of methoxy groups -OCH3 is 1. The van der Waals surface area contributed by atoms with Gasteiger partial charge in [-0.25, -0.2) is 0 Å². The van der Waals surface area contributed by atoms with E-state index in [-0.39, 0.29) is 0 Å². The van der Waals surface area contributed by atoms with E-state index in [1.165, 1.54) is 38.2 Å². The molecule has 1 aliphatic carbocycles. The van der Waals surface area contributed by atoms with Gasteiger partial charge in [-0.2, -0.15) is 0 Å². The molecule has 1 nitrogen and oxygen atoms in total. The van der Waals surface area contributed by atoms with Crippen molar-refractivity contribution in [3.8, 4) is 5.75 Å². The van der Waals surface area contributed by atoms with E-state index in [1.807, 2.05) is 22.7 Å². The summed E-state index contributed by atoms with van der Waals surface area (Å²) in [4.78, 5) is 2.90. The molecule has 0 saturated heterocycles. The maximum atomic E-state index is 6.60. The van der Waals surface area contributed by atoms with Gasteiger partial charge in [0, 0.05) is 9.78 Å². The van der Waals surface area contributed by atoms with Gasteiger partial charge in [0.2, 0.25) is 0 Å².